The highest BCUT2D eigenvalue weighted by Gasteiger charge is 2.31. The number of esters is 1. The van der Waals surface area contributed by atoms with Gasteiger partial charge in [0, 0.05) is 31.9 Å². The number of aromatic nitrogens is 1. The minimum atomic E-state index is -0.274. The summed E-state index contributed by atoms with van der Waals surface area (Å²) in [5.74, 6) is 0.502. The minimum absolute atomic E-state index is 0.115. The van der Waals surface area contributed by atoms with Crippen LogP contribution in [0.2, 0.25) is 0 Å². The maximum absolute atomic E-state index is 12.3. The standard InChI is InChI=1S/C17H25N3O2/c1-13(2)22-17(21)15-7-5-8-18-16(15)20-11-10-19-9-4-3-6-14(19)12-20/h5,7-8,13-14H,3-4,6,9-12H2,1-2H3/t14-/m1/s1. The number of hydrogen-bond acceptors (Lipinski definition) is 5. The number of rotatable bonds is 3. The number of piperidine rings is 1. The lowest BCUT2D eigenvalue weighted by Crippen LogP contribution is -2.55. The monoisotopic (exact) mass is 303 g/mol. The Hall–Kier alpha value is -1.62. The quantitative estimate of drug-likeness (QED) is 0.802. The number of pyridine rings is 1. The molecule has 3 heterocycles. The van der Waals surface area contributed by atoms with Crippen LogP contribution in [0.5, 0.6) is 0 Å². The van der Waals surface area contributed by atoms with E-state index in [1.165, 1.54) is 25.8 Å². The molecule has 0 amide bonds. The lowest BCUT2D eigenvalue weighted by atomic mass is 9.99. The zero-order chi connectivity index (χ0) is 15.5. The Kier molecular flexibility index (Phi) is 4.62. The third kappa shape index (κ3) is 3.24. The zero-order valence-electron chi connectivity index (χ0n) is 13.5. The van der Waals surface area contributed by atoms with Crippen LogP contribution in [-0.4, -0.2) is 54.2 Å². The van der Waals surface area contributed by atoms with Gasteiger partial charge in [0.1, 0.15) is 11.4 Å². The highest BCUT2D eigenvalue weighted by atomic mass is 16.5. The van der Waals surface area contributed by atoms with Gasteiger partial charge < -0.3 is 9.64 Å². The fourth-order valence-corrected chi connectivity index (χ4v) is 3.43. The maximum Gasteiger partial charge on any atom is 0.342 e. The predicted octanol–water partition coefficient (Wildman–Crippen LogP) is 2.32. The van der Waals surface area contributed by atoms with Gasteiger partial charge in [0.15, 0.2) is 0 Å². The van der Waals surface area contributed by atoms with Gasteiger partial charge in [-0.15, -0.1) is 0 Å². The average molecular weight is 303 g/mol. The first-order valence-electron chi connectivity index (χ1n) is 8.30. The van der Waals surface area contributed by atoms with E-state index in [2.05, 4.69) is 14.8 Å². The number of carbonyl (C=O) groups excluding carboxylic acids is 1. The Morgan fingerprint density at radius 2 is 2.18 bits per heavy atom. The summed E-state index contributed by atoms with van der Waals surface area (Å²) in [6.07, 6.45) is 5.51. The van der Waals surface area contributed by atoms with Crippen molar-refractivity contribution in [2.75, 3.05) is 31.1 Å². The van der Waals surface area contributed by atoms with Gasteiger partial charge in [0.2, 0.25) is 0 Å². The van der Waals surface area contributed by atoms with E-state index in [4.69, 9.17) is 4.74 Å². The molecule has 120 valence electrons. The molecule has 3 rings (SSSR count). The van der Waals surface area contributed by atoms with Crippen molar-refractivity contribution >= 4 is 11.8 Å². The van der Waals surface area contributed by atoms with E-state index in [1.807, 2.05) is 19.9 Å². The van der Waals surface area contributed by atoms with Crippen LogP contribution in [0, 0.1) is 0 Å². The van der Waals surface area contributed by atoms with Gasteiger partial charge in [-0.1, -0.05) is 6.42 Å². The Morgan fingerprint density at radius 1 is 1.32 bits per heavy atom. The predicted molar refractivity (Wildman–Crippen MR) is 86.2 cm³/mol. The zero-order valence-corrected chi connectivity index (χ0v) is 13.5. The van der Waals surface area contributed by atoms with Crippen LogP contribution >= 0.6 is 0 Å². The normalized spacial score (nSPS) is 22.5. The molecule has 0 N–H and O–H groups in total. The number of nitrogens with zero attached hydrogens (tertiary/aromatic N) is 3. The summed E-state index contributed by atoms with van der Waals surface area (Å²) >= 11 is 0. The first-order valence-corrected chi connectivity index (χ1v) is 8.30. The topological polar surface area (TPSA) is 45.7 Å². The van der Waals surface area contributed by atoms with Gasteiger partial charge >= 0.3 is 5.97 Å². The molecule has 2 aliphatic heterocycles. The van der Waals surface area contributed by atoms with E-state index >= 15 is 0 Å². The van der Waals surface area contributed by atoms with Crippen LogP contribution in [0.3, 0.4) is 0 Å². The molecule has 1 aromatic rings. The van der Waals surface area contributed by atoms with Crippen molar-refractivity contribution in [2.45, 2.75) is 45.3 Å². The van der Waals surface area contributed by atoms with Gasteiger partial charge in [-0.25, -0.2) is 9.78 Å². The van der Waals surface area contributed by atoms with Crippen LogP contribution < -0.4 is 4.90 Å². The molecule has 0 aliphatic carbocycles. The molecule has 0 aromatic carbocycles. The van der Waals surface area contributed by atoms with Crippen molar-refractivity contribution in [1.82, 2.24) is 9.88 Å². The van der Waals surface area contributed by atoms with Crippen LogP contribution in [0.4, 0.5) is 5.82 Å². The number of hydrogen-bond donors (Lipinski definition) is 0. The molecule has 0 unspecified atom stereocenters. The highest BCUT2D eigenvalue weighted by Crippen LogP contribution is 2.26. The number of anilines is 1. The van der Waals surface area contributed by atoms with Crippen LogP contribution in [0.1, 0.15) is 43.5 Å². The van der Waals surface area contributed by atoms with Crippen molar-refractivity contribution in [3.05, 3.63) is 23.9 Å². The van der Waals surface area contributed by atoms with Crippen molar-refractivity contribution in [3.8, 4) is 0 Å². The van der Waals surface area contributed by atoms with Crippen LogP contribution in [0.25, 0.3) is 0 Å². The first-order chi connectivity index (χ1) is 10.6. The molecule has 2 aliphatic rings. The molecule has 0 radical (unpaired) electrons. The summed E-state index contributed by atoms with van der Waals surface area (Å²) in [5, 5.41) is 0. The van der Waals surface area contributed by atoms with E-state index in [9.17, 15) is 4.79 Å². The van der Waals surface area contributed by atoms with E-state index < -0.39 is 0 Å². The van der Waals surface area contributed by atoms with Crippen LogP contribution in [0.15, 0.2) is 18.3 Å². The highest BCUT2D eigenvalue weighted by molar-refractivity contribution is 5.94. The molecule has 22 heavy (non-hydrogen) atoms. The second-order valence-corrected chi connectivity index (χ2v) is 6.46. The van der Waals surface area contributed by atoms with Gasteiger partial charge in [0.05, 0.1) is 6.10 Å². The molecule has 2 fully saturated rings. The van der Waals surface area contributed by atoms with E-state index in [0.717, 1.165) is 25.5 Å². The molecule has 1 atom stereocenters. The van der Waals surface area contributed by atoms with E-state index in [0.29, 0.717) is 11.6 Å². The second-order valence-electron chi connectivity index (χ2n) is 6.46. The lowest BCUT2D eigenvalue weighted by Gasteiger charge is -2.44. The van der Waals surface area contributed by atoms with Crippen molar-refractivity contribution in [3.63, 3.8) is 0 Å². The van der Waals surface area contributed by atoms with Gasteiger partial charge in [0.25, 0.3) is 0 Å². The molecule has 0 saturated carbocycles. The van der Waals surface area contributed by atoms with Crippen molar-refractivity contribution in [1.29, 1.82) is 0 Å². The smallest absolute Gasteiger partial charge is 0.342 e. The molecular weight excluding hydrogens is 278 g/mol. The number of ether oxygens (including phenoxy) is 1. The number of fused-ring (bicyclic) bond motifs is 1. The average Bonchev–Trinajstić information content (AvgIpc) is 2.54. The third-order valence-corrected chi connectivity index (χ3v) is 4.49. The Labute approximate surface area is 132 Å². The summed E-state index contributed by atoms with van der Waals surface area (Å²) in [6.45, 7) is 7.89. The van der Waals surface area contributed by atoms with Crippen molar-refractivity contribution < 1.29 is 9.53 Å². The molecular formula is C17H25N3O2. The number of piperazine rings is 1. The fourth-order valence-electron chi connectivity index (χ4n) is 3.43. The fraction of sp³-hybridized carbons (Fsp3) is 0.647. The molecule has 5 heteroatoms. The van der Waals surface area contributed by atoms with Gasteiger partial charge in [-0.05, 0) is 45.4 Å². The van der Waals surface area contributed by atoms with Gasteiger partial charge in [-0.3, -0.25) is 4.90 Å². The summed E-state index contributed by atoms with van der Waals surface area (Å²) in [5.41, 5.74) is 0.584. The molecule has 1 aromatic heterocycles. The maximum atomic E-state index is 12.3. The Balaban J connectivity index is 1.78. The van der Waals surface area contributed by atoms with E-state index in [1.54, 1.807) is 12.3 Å². The first kappa shape index (κ1) is 15.3. The summed E-state index contributed by atoms with van der Waals surface area (Å²) in [6, 6.07) is 4.22. The third-order valence-electron chi connectivity index (χ3n) is 4.49. The molecule has 0 spiro atoms. The molecule has 0 bridgehead atoms. The SMILES string of the molecule is CC(C)OC(=O)c1cccnc1N1CCN2CCCC[C@@H]2C1. The van der Waals surface area contributed by atoms with Crippen molar-refractivity contribution in [2.24, 2.45) is 0 Å². The van der Waals surface area contributed by atoms with Crippen LogP contribution in [-0.2, 0) is 4.74 Å². The molecule has 5 nitrogen and oxygen atoms in total. The molecule has 2 saturated heterocycles. The summed E-state index contributed by atoms with van der Waals surface area (Å²) in [4.78, 5) is 21.6. The second kappa shape index (κ2) is 6.65. The summed E-state index contributed by atoms with van der Waals surface area (Å²) < 4.78 is 5.36. The lowest BCUT2D eigenvalue weighted by molar-refractivity contribution is 0.0377. The minimum Gasteiger partial charge on any atom is -0.459 e. The van der Waals surface area contributed by atoms with E-state index in [-0.39, 0.29) is 12.1 Å². The largest absolute Gasteiger partial charge is 0.459 e. The Bertz CT molecular complexity index is 532. The summed E-state index contributed by atoms with van der Waals surface area (Å²) in [7, 11) is 0. The number of carbonyl (C=O) groups is 1. The Morgan fingerprint density at radius 3 is 3.00 bits per heavy atom. The van der Waals surface area contributed by atoms with Gasteiger partial charge in [-0.2, -0.15) is 0 Å².